The van der Waals surface area contributed by atoms with Crippen LogP contribution in [0.25, 0.3) is 0 Å². The summed E-state index contributed by atoms with van der Waals surface area (Å²) in [6.45, 7) is 4.20. The van der Waals surface area contributed by atoms with E-state index in [-0.39, 0.29) is 0 Å². The van der Waals surface area contributed by atoms with Crippen molar-refractivity contribution >= 4 is 5.95 Å². The molecule has 1 atom stereocenters. The molecule has 3 aromatic heterocycles. The van der Waals surface area contributed by atoms with Crippen molar-refractivity contribution in [2.75, 3.05) is 25.5 Å². The lowest BCUT2D eigenvalue weighted by Crippen LogP contribution is -2.31. The van der Waals surface area contributed by atoms with E-state index in [9.17, 15) is 0 Å². The molecule has 0 fully saturated rings. The summed E-state index contributed by atoms with van der Waals surface area (Å²) in [6.07, 6.45) is 7.12. The van der Waals surface area contributed by atoms with E-state index in [1.807, 2.05) is 18.3 Å². The summed E-state index contributed by atoms with van der Waals surface area (Å²) in [6, 6.07) is 7.92. The van der Waals surface area contributed by atoms with Gasteiger partial charge in [-0.1, -0.05) is 6.07 Å². The van der Waals surface area contributed by atoms with Gasteiger partial charge in [-0.25, -0.2) is 15.0 Å². The van der Waals surface area contributed by atoms with Crippen molar-refractivity contribution in [1.29, 1.82) is 0 Å². The van der Waals surface area contributed by atoms with E-state index in [4.69, 9.17) is 4.74 Å². The number of aromatic nitrogens is 5. The minimum absolute atomic E-state index is 0.373. The topological polar surface area (TPSA) is 81.0 Å². The zero-order valence-corrected chi connectivity index (χ0v) is 15.3. The van der Waals surface area contributed by atoms with Crippen LogP contribution in [0, 0.1) is 5.92 Å². The van der Waals surface area contributed by atoms with E-state index in [0.29, 0.717) is 17.7 Å². The highest BCUT2D eigenvalue weighted by molar-refractivity contribution is 5.25. The third kappa shape index (κ3) is 4.22. The van der Waals surface area contributed by atoms with Crippen LogP contribution in [0.15, 0.2) is 49.1 Å². The molecular weight excluding hydrogens is 342 g/mol. The highest BCUT2D eigenvalue weighted by Gasteiger charge is 2.23. The molecule has 0 unspecified atom stereocenters. The lowest BCUT2D eigenvalue weighted by molar-refractivity contribution is 0.222. The Labute approximate surface area is 158 Å². The van der Waals surface area contributed by atoms with Gasteiger partial charge in [0.15, 0.2) is 0 Å². The highest BCUT2D eigenvalue weighted by atomic mass is 16.5. The SMILES string of the molecule is COc1ncccc1CN1Cc2ccnn2C[C@H](CNc2ncccn2)C1. The summed E-state index contributed by atoms with van der Waals surface area (Å²) >= 11 is 0. The number of nitrogens with zero attached hydrogens (tertiary/aromatic N) is 6. The fourth-order valence-electron chi connectivity index (χ4n) is 3.46. The Hall–Kier alpha value is -3.00. The van der Waals surface area contributed by atoms with Gasteiger partial charge in [0.25, 0.3) is 0 Å². The molecule has 1 N–H and O–H groups in total. The molecule has 0 saturated heterocycles. The number of hydrogen-bond acceptors (Lipinski definition) is 7. The van der Waals surface area contributed by atoms with Crippen LogP contribution in [-0.4, -0.2) is 49.8 Å². The van der Waals surface area contributed by atoms with Crippen molar-refractivity contribution in [1.82, 2.24) is 29.6 Å². The van der Waals surface area contributed by atoms with E-state index in [1.54, 1.807) is 25.7 Å². The molecule has 0 saturated carbocycles. The minimum Gasteiger partial charge on any atom is -0.481 e. The van der Waals surface area contributed by atoms with Gasteiger partial charge >= 0.3 is 0 Å². The molecule has 3 aromatic rings. The van der Waals surface area contributed by atoms with Gasteiger partial charge in [0.1, 0.15) is 0 Å². The summed E-state index contributed by atoms with van der Waals surface area (Å²) in [5.41, 5.74) is 2.31. The molecule has 0 aliphatic carbocycles. The molecule has 4 rings (SSSR count). The van der Waals surface area contributed by atoms with Gasteiger partial charge in [-0.2, -0.15) is 5.10 Å². The highest BCUT2D eigenvalue weighted by Crippen LogP contribution is 2.21. The number of hydrogen-bond donors (Lipinski definition) is 1. The second kappa shape index (κ2) is 8.13. The second-order valence-electron chi connectivity index (χ2n) is 6.67. The van der Waals surface area contributed by atoms with Gasteiger partial charge in [-0.15, -0.1) is 0 Å². The average Bonchev–Trinajstić information content (AvgIpc) is 3.06. The summed E-state index contributed by atoms with van der Waals surface area (Å²) in [7, 11) is 1.66. The summed E-state index contributed by atoms with van der Waals surface area (Å²) in [5, 5.41) is 7.84. The third-order valence-corrected chi connectivity index (χ3v) is 4.69. The van der Waals surface area contributed by atoms with Gasteiger partial charge in [0, 0.05) is 69.0 Å². The van der Waals surface area contributed by atoms with Crippen LogP contribution in [-0.2, 0) is 19.6 Å². The molecule has 1 aliphatic rings. The van der Waals surface area contributed by atoms with E-state index in [1.165, 1.54) is 5.69 Å². The quantitative estimate of drug-likeness (QED) is 0.713. The molecule has 4 heterocycles. The molecule has 27 heavy (non-hydrogen) atoms. The van der Waals surface area contributed by atoms with E-state index in [0.717, 1.165) is 38.3 Å². The summed E-state index contributed by atoms with van der Waals surface area (Å²) < 4.78 is 7.52. The summed E-state index contributed by atoms with van der Waals surface area (Å²) in [4.78, 5) is 15.2. The van der Waals surface area contributed by atoms with Crippen molar-refractivity contribution < 1.29 is 4.74 Å². The molecule has 8 nitrogen and oxygen atoms in total. The molecule has 0 spiro atoms. The smallest absolute Gasteiger partial charge is 0.222 e. The minimum atomic E-state index is 0.373. The number of ether oxygens (including phenoxy) is 1. The average molecular weight is 365 g/mol. The third-order valence-electron chi connectivity index (χ3n) is 4.69. The van der Waals surface area contributed by atoms with Crippen LogP contribution in [0.5, 0.6) is 5.88 Å². The zero-order chi connectivity index (χ0) is 18.5. The molecule has 0 radical (unpaired) electrons. The number of nitrogens with one attached hydrogen (secondary N) is 1. The van der Waals surface area contributed by atoms with Gasteiger partial charge in [-0.3, -0.25) is 9.58 Å². The fourth-order valence-corrected chi connectivity index (χ4v) is 3.46. The first-order chi connectivity index (χ1) is 13.3. The number of rotatable bonds is 6. The largest absolute Gasteiger partial charge is 0.481 e. The lowest BCUT2D eigenvalue weighted by Gasteiger charge is -2.24. The Morgan fingerprint density at radius 3 is 2.78 bits per heavy atom. The maximum Gasteiger partial charge on any atom is 0.222 e. The maximum absolute atomic E-state index is 5.42. The van der Waals surface area contributed by atoms with Crippen molar-refractivity contribution in [2.24, 2.45) is 5.92 Å². The van der Waals surface area contributed by atoms with Crippen LogP contribution < -0.4 is 10.1 Å². The van der Waals surface area contributed by atoms with Crippen LogP contribution >= 0.6 is 0 Å². The number of pyridine rings is 1. The van der Waals surface area contributed by atoms with Gasteiger partial charge in [0.2, 0.25) is 11.8 Å². The second-order valence-corrected chi connectivity index (χ2v) is 6.67. The van der Waals surface area contributed by atoms with Crippen molar-refractivity contribution in [3.63, 3.8) is 0 Å². The Morgan fingerprint density at radius 2 is 1.93 bits per heavy atom. The Kier molecular flexibility index (Phi) is 5.24. The van der Waals surface area contributed by atoms with Crippen LogP contribution in [0.1, 0.15) is 11.3 Å². The van der Waals surface area contributed by atoms with E-state index < -0.39 is 0 Å². The Morgan fingerprint density at radius 1 is 1.07 bits per heavy atom. The molecule has 8 heteroatoms. The van der Waals surface area contributed by atoms with Gasteiger partial charge < -0.3 is 10.1 Å². The van der Waals surface area contributed by atoms with E-state index >= 15 is 0 Å². The van der Waals surface area contributed by atoms with Gasteiger partial charge in [0.05, 0.1) is 12.8 Å². The van der Waals surface area contributed by atoms with E-state index in [2.05, 4.69) is 47.1 Å². The number of anilines is 1. The standard InChI is InChI=1S/C19H23N7O/c1-27-18-16(4-2-6-20-18)13-25-11-15(10-23-19-21-7-3-8-22-19)12-26-17(14-25)5-9-24-26/h2-9,15H,10-14H2,1H3,(H,21,22,23)/t15-/m1/s1. The first-order valence-corrected chi connectivity index (χ1v) is 9.03. The molecule has 1 aliphatic heterocycles. The number of methoxy groups -OCH3 is 1. The molecule has 0 amide bonds. The van der Waals surface area contributed by atoms with Crippen molar-refractivity contribution in [3.8, 4) is 5.88 Å². The monoisotopic (exact) mass is 365 g/mol. The molecule has 0 aromatic carbocycles. The van der Waals surface area contributed by atoms with Gasteiger partial charge in [-0.05, 0) is 18.2 Å². The lowest BCUT2D eigenvalue weighted by atomic mass is 10.1. The molecule has 140 valence electrons. The maximum atomic E-state index is 5.42. The van der Waals surface area contributed by atoms with Crippen LogP contribution in [0.3, 0.4) is 0 Å². The Bertz CT molecular complexity index is 867. The number of fused-ring (bicyclic) bond motifs is 1. The zero-order valence-electron chi connectivity index (χ0n) is 15.3. The Balaban J connectivity index is 1.49. The molecule has 0 bridgehead atoms. The predicted octanol–water partition coefficient (Wildman–Crippen LogP) is 1.82. The summed E-state index contributed by atoms with van der Waals surface area (Å²) in [5.74, 6) is 1.71. The van der Waals surface area contributed by atoms with Crippen molar-refractivity contribution in [2.45, 2.75) is 19.6 Å². The van der Waals surface area contributed by atoms with Crippen molar-refractivity contribution in [3.05, 3.63) is 60.3 Å². The first kappa shape index (κ1) is 17.4. The normalized spacial score (nSPS) is 17.1. The first-order valence-electron chi connectivity index (χ1n) is 9.03. The molecular formula is C19H23N7O. The van der Waals surface area contributed by atoms with Crippen LogP contribution in [0.4, 0.5) is 5.95 Å². The predicted molar refractivity (Wildman–Crippen MR) is 101 cm³/mol. The van der Waals surface area contributed by atoms with Crippen LogP contribution in [0.2, 0.25) is 0 Å². The fraction of sp³-hybridized carbons (Fsp3) is 0.368.